The summed E-state index contributed by atoms with van der Waals surface area (Å²) >= 11 is 0. The molecule has 5 nitrogen and oxygen atoms in total. The molecule has 2 N–H and O–H groups in total. The minimum Gasteiger partial charge on any atom is -0.335 e. The van der Waals surface area contributed by atoms with Gasteiger partial charge in [0, 0.05) is 6.04 Å². The van der Waals surface area contributed by atoms with E-state index in [9.17, 15) is 9.59 Å². The van der Waals surface area contributed by atoms with Gasteiger partial charge in [0.1, 0.15) is 0 Å². The van der Waals surface area contributed by atoms with Crippen molar-refractivity contribution in [3.8, 4) is 0 Å². The zero-order valence-corrected chi connectivity index (χ0v) is 10.8. The van der Waals surface area contributed by atoms with Crippen LogP contribution in [0.25, 0.3) is 0 Å². The van der Waals surface area contributed by atoms with Gasteiger partial charge < -0.3 is 5.32 Å². The van der Waals surface area contributed by atoms with Crippen LogP contribution in [0.2, 0.25) is 0 Å². The Labute approximate surface area is 103 Å². The number of nitrogens with one attached hydrogen (secondary N) is 2. The fraction of sp³-hybridized carbons (Fsp3) is 0.833. The first kappa shape index (κ1) is 14.0. The Kier molecular flexibility index (Phi) is 5.97. The van der Waals surface area contributed by atoms with Crippen molar-refractivity contribution in [3.05, 3.63) is 0 Å². The summed E-state index contributed by atoms with van der Waals surface area (Å²) in [5, 5.41) is 5.07. The number of piperidine rings is 1. The van der Waals surface area contributed by atoms with Crippen LogP contribution in [0.3, 0.4) is 0 Å². The highest BCUT2D eigenvalue weighted by Gasteiger charge is 2.15. The topological polar surface area (TPSA) is 61.4 Å². The van der Waals surface area contributed by atoms with Gasteiger partial charge >= 0.3 is 6.03 Å². The van der Waals surface area contributed by atoms with E-state index in [1.54, 1.807) is 0 Å². The van der Waals surface area contributed by atoms with E-state index in [1.807, 2.05) is 13.8 Å². The van der Waals surface area contributed by atoms with Gasteiger partial charge in [-0.05, 0) is 39.3 Å². The van der Waals surface area contributed by atoms with Gasteiger partial charge in [0.15, 0.2) is 0 Å². The van der Waals surface area contributed by atoms with Crippen molar-refractivity contribution < 1.29 is 9.59 Å². The number of rotatable bonds is 4. The first-order valence-electron chi connectivity index (χ1n) is 6.44. The van der Waals surface area contributed by atoms with Crippen molar-refractivity contribution in [2.45, 2.75) is 45.6 Å². The molecule has 1 fully saturated rings. The predicted molar refractivity (Wildman–Crippen MR) is 66.7 cm³/mol. The van der Waals surface area contributed by atoms with Crippen molar-refractivity contribution in [2.24, 2.45) is 0 Å². The summed E-state index contributed by atoms with van der Waals surface area (Å²) in [5.74, 6) is -0.215. The Hall–Kier alpha value is -1.10. The molecule has 1 saturated heterocycles. The highest BCUT2D eigenvalue weighted by Crippen LogP contribution is 2.07. The van der Waals surface area contributed by atoms with E-state index in [0.717, 1.165) is 32.4 Å². The number of hydrogen-bond acceptors (Lipinski definition) is 3. The van der Waals surface area contributed by atoms with Crippen LogP contribution in [0.15, 0.2) is 0 Å². The Balaban J connectivity index is 2.21. The van der Waals surface area contributed by atoms with E-state index < -0.39 is 0 Å². The third-order valence-corrected chi connectivity index (χ3v) is 3.06. The molecule has 98 valence electrons. The summed E-state index contributed by atoms with van der Waals surface area (Å²) < 4.78 is 0. The second-order valence-corrected chi connectivity index (χ2v) is 4.67. The van der Waals surface area contributed by atoms with Gasteiger partial charge in [-0.15, -0.1) is 0 Å². The lowest BCUT2D eigenvalue weighted by atomic mass is 10.1. The van der Waals surface area contributed by atoms with Gasteiger partial charge in [0.05, 0.1) is 6.54 Å². The van der Waals surface area contributed by atoms with Gasteiger partial charge in [0.25, 0.3) is 0 Å². The van der Waals surface area contributed by atoms with Crippen LogP contribution < -0.4 is 10.6 Å². The smallest absolute Gasteiger partial charge is 0.321 e. The van der Waals surface area contributed by atoms with Gasteiger partial charge in [-0.1, -0.05) is 13.3 Å². The van der Waals surface area contributed by atoms with E-state index in [4.69, 9.17) is 0 Å². The monoisotopic (exact) mass is 241 g/mol. The third-order valence-electron chi connectivity index (χ3n) is 3.06. The highest BCUT2D eigenvalue weighted by molar-refractivity contribution is 5.95. The molecular formula is C12H23N3O2. The molecule has 3 amide bonds. The number of hydrogen-bond donors (Lipinski definition) is 2. The number of carbonyl (C=O) groups is 2. The number of nitrogens with zero attached hydrogens (tertiary/aromatic N) is 1. The molecule has 1 atom stereocenters. The molecule has 1 aliphatic rings. The number of imide groups is 1. The molecule has 0 aromatic heterocycles. The maximum absolute atomic E-state index is 11.6. The number of urea groups is 1. The quantitative estimate of drug-likeness (QED) is 0.774. The summed E-state index contributed by atoms with van der Waals surface area (Å²) in [4.78, 5) is 25.1. The number of amides is 3. The summed E-state index contributed by atoms with van der Waals surface area (Å²) in [6.07, 6.45) is 4.39. The van der Waals surface area contributed by atoms with E-state index in [-0.39, 0.29) is 18.0 Å². The Morgan fingerprint density at radius 2 is 1.88 bits per heavy atom. The van der Waals surface area contributed by atoms with Crippen molar-refractivity contribution >= 4 is 11.9 Å². The van der Waals surface area contributed by atoms with Gasteiger partial charge in [0.2, 0.25) is 5.91 Å². The van der Waals surface area contributed by atoms with Crippen molar-refractivity contribution in [1.82, 2.24) is 15.5 Å². The van der Waals surface area contributed by atoms with E-state index in [0.29, 0.717) is 6.54 Å². The highest BCUT2D eigenvalue weighted by atomic mass is 16.2. The molecule has 0 aromatic carbocycles. The summed E-state index contributed by atoms with van der Waals surface area (Å²) in [7, 11) is 0. The second-order valence-electron chi connectivity index (χ2n) is 4.67. The normalized spacial score (nSPS) is 18.5. The lowest BCUT2D eigenvalue weighted by Crippen LogP contribution is -2.47. The second kappa shape index (κ2) is 7.27. The molecule has 1 heterocycles. The molecule has 0 aliphatic carbocycles. The first-order valence-corrected chi connectivity index (χ1v) is 6.44. The molecule has 1 aliphatic heterocycles. The first-order chi connectivity index (χ1) is 8.11. The predicted octanol–water partition coefficient (Wildman–Crippen LogP) is 1.10. The Bertz CT molecular complexity index is 262. The van der Waals surface area contributed by atoms with Crippen LogP contribution >= 0.6 is 0 Å². The van der Waals surface area contributed by atoms with E-state index in [2.05, 4.69) is 15.5 Å². The lowest BCUT2D eigenvalue weighted by Gasteiger charge is -2.25. The van der Waals surface area contributed by atoms with E-state index in [1.165, 1.54) is 6.42 Å². The fourth-order valence-corrected chi connectivity index (χ4v) is 1.85. The average molecular weight is 241 g/mol. The van der Waals surface area contributed by atoms with Crippen LogP contribution in [0.4, 0.5) is 4.79 Å². The molecule has 0 unspecified atom stereocenters. The molecule has 17 heavy (non-hydrogen) atoms. The molecule has 0 saturated carbocycles. The zero-order chi connectivity index (χ0) is 12.7. The van der Waals surface area contributed by atoms with Crippen molar-refractivity contribution in [2.75, 3.05) is 19.6 Å². The lowest BCUT2D eigenvalue weighted by molar-refractivity contribution is -0.121. The standard InChI is InChI=1S/C12H23N3O2/c1-3-10(2)13-12(17)14-11(16)9-15-7-5-4-6-8-15/h10H,3-9H2,1-2H3,(H2,13,14,16,17)/t10-/m1/s1. The fourth-order valence-electron chi connectivity index (χ4n) is 1.85. The summed E-state index contributed by atoms with van der Waals surface area (Å²) in [5.41, 5.74) is 0. The maximum atomic E-state index is 11.6. The van der Waals surface area contributed by atoms with Crippen LogP contribution in [-0.2, 0) is 4.79 Å². The maximum Gasteiger partial charge on any atom is 0.321 e. The Morgan fingerprint density at radius 3 is 2.47 bits per heavy atom. The van der Waals surface area contributed by atoms with Crippen LogP contribution in [-0.4, -0.2) is 42.5 Å². The molecule has 1 rings (SSSR count). The molecule has 0 radical (unpaired) electrons. The third kappa shape index (κ3) is 5.68. The van der Waals surface area contributed by atoms with Gasteiger partial charge in [-0.25, -0.2) is 4.79 Å². The van der Waals surface area contributed by atoms with Gasteiger partial charge in [-0.3, -0.25) is 15.0 Å². The minimum atomic E-state index is -0.388. The van der Waals surface area contributed by atoms with Crippen molar-refractivity contribution in [1.29, 1.82) is 0 Å². The largest absolute Gasteiger partial charge is 0.335 e. The van der Waals surface area contributed by atoms with Crippen LogP contribution in [0.5, 0.6) is 0 Å². The minimum absolute atomic E-state index is 0.0952. The summed E-state index contributed by atoms with van der Waals surface area (Å²) in [6.45, 7) is 6.14. The molecule has 0 spiro atoms. The SMILES string of the molecule is CC[C@@H](C)NC(=O)NC(=O)CN1CCCCC1. The molecule has 0 aromatic rings. The number of carbonyl (C=O) groups excluding carboxylic acids is 2. The summed E-state index contributed by atoms with van der Waals surface area (Å²) in [6, 6.07) is -0.292. The molecular weight excluding hydrogens is 218 g/mol. The average Bonchev–Trinajstić information content (AvgIpc) is 2.29. The van der Waals surface area contributed by atoms with E-state index >= 15 is 0 Å². The Morgan fingerprint density at radius 1 is 1.24 bits per heavy atom. The van der Waals surface area contributed by atoms with Crippen LogP contribution in [0.1, 0.15) is 39.5 Å². The van der Waals surface area contributed by atoms with Gasteiger partial charge in [-0.2, -0.15) is 0 Å². The molecule has 0 bridgehead atoms. The molecule has 5 heteroatoms. The van der Waals surface area contributed by atoms with Crippen molar-refractivity contribution in [3.63, 3.8) is 0 Å². The number of likely N-dealkylation sites (tertiary alicyclic amines) is 1. The van der Waals surface area contributed by atoms with Crippen LogP contribution in [0, 0.1) is 0 Å². The zero-order valence-electron chi connectivity index (χ0n) is 10.8.